The van der Waals surface area contributed by atoms with E-state index in [9.17, 15) is 9.90 Å². The Morgan fingerprint density at radius 1 is 1.79 bits per heavy atom. The van der Waals surface area contributed by atoms with Crippen LogP contribution in [0.4, 0.5) is 4.79 Å². The van der Waals surface area contributed by atoms with Crippen molar-refractivity contribution in [3.8, 4) is 12.3 Å². The molecule has 0 spiro atoms. The van der Waals surface area contributed by atoms with Crippen molar-refractivity contribution in [2.75, 3.05) is 6.54 Å². The monoisotopic (exact) mass is 193 g/mol. The van der Waals surface area contributed by atoms with E-state index in [-0.39, 0.29) is 6.04 Å². The van der Waals surface area contributed by atoms with E-state index in [1.54, 1.807) is 4.90 Å². The number of aliphatic hydroxyl groups is 1. The minimum Gasteiger partial charge on any atom is -0.440 e. The first-order valence-electron chi connectivity index (χ1n) is 4.52. The number of carbonyl (C=O) groups is 1. The minimum absolute atomic E-state index is 0.206. The fourth-order valence-corrected chi connectivity index (χ4v) is 1.80. The van der Waals surface area contributed by atoms with Crippen LogP contribution in [0.1, 0.15) is 6.42 Å². The smallest absolute Gasteiger partial charge is 0.410 e. The highest BCUT2D eigenvalue weighted by atomic mass is 16.6. The van der Waals surface area contributed by atoms with Crippen LogP contribution in [0.3, 0.4) is 0 Å². The van der Waals surface area contributed by atoms with Gasteiger partial charge in [-0.1, -0.05) is 18.1 Å². The second-order valence-corrected chi connectivity index (χ2v) is 3.36. The maximum atomic E-state index is 11.3. The molecule has 0 unspecified atom stereocenters. The summed E-state index contributed by atoms with van der Waals surface area (Å²) in [5, 5.41) is 9.44. The molecule has 0 aromatic carbocycles. The normalized spacial score (nSPS) is 32.0. The van der Waals surface area contributed by atoms with Crippen LogP contribution in [0.15, 0.2) is 12.2 Å². The third-order valence-electron chi connectivity index (χ3n) is 2.52. The first kappa shape index (κ1) is 9.10. The Morgan fingerprint density at radius 2 is 2.57 bits per heavy atom. The summed E-state index contributed by atoms with van der Waals surface area (Å²) in [6, 6.07) is -0.206. The van der Waals surface area contributed by atoms with Gasteiger partial charge in [0.25, 0.3) is 0 Å². The van der Waals surface area contributed by atoms with Gasteiger partial charge in [-0.05, 0) is 6.42 Å². The van der Waals surface area contributed by atoms with Crippen LogP contribution in [-0.4, -0.2) is 40.9 Å². The number of rotatable bonds is 1. The number of terminal acetylenes is 1. The molecule has 0 bridgehead atoms. The van der Waals surface area contributed by atoms with Gasteiger partial charge in [-0.2, -0.15) is 0 Å². The summed E-state index contributed by atoms with van der Waals surface area (Å²) in [6.07, 6.45) is 7.70. The molecule has 0 aromatic heterocycles. The lowest BCUT2D eigenvalue weighted by Crippen LogP contribution is -2.41. The Bertz CT molecular complexity index is 318. The third-order valence-corrected chi connectivity index (χ3v) is 2.52. The van der Waals surface area contributed by atoms with Gasteiger partial charge in [0, 0.05) is 6.54 Å². The summed E-state index contributed by atoms with van der Waals surface area (Å²) in [5.74, 6) is 2.18. The Hall–Kier alpha value is -1.47. The number of carbonyl (C=O) groups excluding carboxylic acids is 1. The molecule has 4 heteroatoms. The average molecular weight is 193 g/mol. The minimum atomic E-state index is -1.03. The largest absolute Gasteiger partial charge is 0.440 e. The topological polar surface area (TPSA) is 49.8 Å². The van der Waals surface area contributed by atoms with Crippen molar-refractivity contribution in [1.29, 1.82) is 0 Å². The van der Waals surface area contributed by atoms with Gasteiger partial charge in [0.1, 0.15) is 0 Å². The van der Waals surface area contributed by atoms with E-state index in [2.05, 4.69) is 5.92 Å². The molecule has 3 atom stereocenters. The van der Waals surface area contributed by atoms with Gasteiger partial charge in [-0.25, -0.2) is 4.79 Å². The van der Waals surface area contributed by atoms with Gasteiger partial charge in [-0.3, -0.25) is 4.90 Å². The molecule has 2 aliphatic heterocycles. The standard InChI is InChI=1S/C10H11NO3/c1-2-8(12)9-7-5-3-4-6-11(7)10(13)14-9/h1,3,5,7-9,12H,4,6H2/t7-,8-,9-/m0/s1. The summed E-state index contributed by atoms with van der Waals surface area (Å²) in [5.41, 5.74) is 0. The van der Waals surface area contributed by atoms with Crippen molar-refractivity contribution in [1.82, 2.24) is 4.90 Å². The number of hydrogen-bond donors (Lipinski definition) is 1. The van der Waals surface area contributed by atoms with Crippen molar-refractivity contribution in [3.05, 3.63) is 12.2 Å². The van der Waals surface area contributed by atoms with Crippen LogP contribution < -0.4 is 0 Å². The second-order valence-electron chi connectivity index (χ2n) is 3.36. The van der Waals surface area contributed by atoms with Gasteiger partial charge >= 0.3 is 6.09 Å². The van der Waals surface area contributed by atoms with Gasteiger partial charge in [0.05, 0.1) is 6.04 Å². The predicted molar refractivity (Wildman–Crippen MR) is 49.4 cm³/mol. The summed E-state index contributed by atoms with van der Waals surface area (Å²) in [7, 11) is 0. The highest BCUT2D eigenvalue weighted by Crippen LogP contribution is 2.25. The Balaban J connectivity index is 2.22. The highest BCUT2D eigenvalue weighted by Gasteiger charge is 2.44. The van der Waals surface area contributed by atoms with E-state index in [1.165, 1.54) is 0 Å². The number of hydrogen-bond acceptors (Lipinski definition) is 3. The van der Waals surface area contributed by atoms with Crippen molar-refractivity contribution in [3.63, 3.8) is 0 Å². The fourth-order valence-electron chi connectivity index (χ4n) is 1.80. The Labute approximate surface area is 82.2 Å². The lowest BCUT2D eigenvalue weighted by molar-refractivity contribution is 0.0555. The first-order chi connectivity index (χ1) is 6.74. The van der Waals surface area contributed by atoms with Crippen LogP contribution in [-0.2, 0) is 4.74 Å². The SMILES string of the molecule is C#C[C@H](O)[C@H]1OC(=O)N2CCC=C[C@@H]12. The van der Waals surface area contributed by atoms with E-state index in [4.69, 9.17) is 11.2 Å². The fraction of sp³-hybridized carbons (Fsp3) is 0.500. The zero-order valence-electron chi connectivity index (χ0n) is 7.59. The lowest BCUT2D eigenvalue weighted by Gasteiger charge is -2.25. The van der Waals surface area contributed by atoms with Crippen LogP contribution in [0.25, 0.3) is 0 Å². The van der Waals surface area contributed by atoms with Gasteiger partial charge < -0.3 is 9.84 Å². The quantitative estimate of drug-likeness (QED) is 0.475. The molecule has 1 fully saturated rings. The van der Waals surface area contributed by atoms with Crippen molar-refractivity contribution >= 4 is 6.09 Å². The summed E-state index contributed by atoms with van der Waals surface area (Å²) >= 11 is 0. The maximum absolute atomic E-state index is 11.3. The van der Waals surface area contributed by atoms with E-state index in [1.807, 2.05) is 12.2 Å². The molecule has 4 nitrogen and oxygen atoms in total. The molecule has 2 rings (SSSR count). The molecule has 1 amide bonds. The predicted octanol–water partition coefficient (Wildman–Crippen LogP) is 0.130. The van der Waals surface area contributed by atoms with E-state index in [0.717, 1.165) is 6.42 Å². The van der Waals surface area contributed by atoms with Crippen molar-refractivity contribution in [2.45, 2.75) is 24.7 Å². The molecule has 1 N–H and O–H groups in total. The van der Waals surface area contributed by atoms with E-state index >= 15 is 0 Å². The Kier molecular flexibility index (Phi) is 2.18. The lowest BCUT2D eigenvalue weighted by atomic mass is 10.0. The number of nitrogens with zero attached hydrogens (tertiary/aromatic N) is 1. The average Bonchev–Trinajstić information content (AvgIpc) is 2.56. The van der Waals surface area contributed by atoms with Crippen LogP contribution in [0.2, 0.25) is 0 Å². The molecule has 2 aliphatic rings. The Morgan fingerprint density at radius 3 is 3.29 bits per heavy atom. The number of ether oxygens (including phenoxy) is 1. The molecule has 1 saturated heterocycles. The molecule has 2 heterocycles. The van der Waals surface area contributed by atoms with Crippen molar-refractivity contribution < 1.29 is 14.6 Å². The molecule has 74 valence electrons. The molecule has 0 aliphatic carbocycles. The molecular formula is C10H11NO3. The van der Waals surface area contributed by atoms with Crippen LogP contribution >= 0.6 is 0 Å². The summed E-state index contributed by atoms with van der Waals surface area (Å²) in [4.78, 5) is 12.9. The van der Waals surface area contributed by atoms with Crippen LogP contribution in [0, 0.1) is 12.3 Å². The number of aliphatic hydroxyl groups excluding tert-OH is 1. The second kappa shape index (κ2) is 3.35. The van der Waals surface area contributed by atoms with E-state index in [0.29, 0.717) is 6.54 Å². The number of cyclic esters (lactones) is 1. The summed E-state index contributed by atoms with van der Waals surface area (Å²) in [6.45, 7) is 0.633. The number of amides is 1. The molecule has 0 saturated carbocycles. The zero-order chi connectivity index (χ0) is 10.1. The maximum Gasteiger partial charge on any atom is 0.410 e. The zero-order valence-corrected chi connectivity index (χ0v) is 7.59. The highest BCUT2D eigenvalue weighted by molar-refractivity contribution is 5.71. The van der Waals surface area contributed by atoms with Gasteiger partial charge in [0.2, 0.25) is 0 Å². The van der Waals surface area contributed by atoms with E-state index < -0.39 is 18.3 Å². The molecule has 0 aromatic rings. The molecular weight excluding hydrogens is 182 g/mol. The summed E-state index contributed by atoms with van der Waals surface area (Å²) < 4.78 is 5.00. The van der Waals surface area contributed by atoms with Gasteiger partial charge in [0.15, 0.2) is 12.2 Å². The van der Waals surface area contributed by atoms with Crippen molar-refractivity contribution in [2.24, 2.45) is 0 Å². The number of fused-ring (bicyclic) bond motifs is 1. The van der Waals surface area contributed by atoms with Crippen LogP contribution in [0.5, 0.6) is 0 Å². The third kappa shape index (κ3) is 1.26. The molecule has 14 heavy (non-hydrogen) atoms. The molecule has 0 radical (unpaired) electrons. The first-order valence-corrected chi connectivity index (χ1v) is 4.52. The van der Waals surface area contributed by atoms with Gasteiger partial charge in [-0.15, -0.1) is 6.42 Å².